The van der Waals surface area contributed by atoms with E-state index >= 15 is 0 Å². The van der Waals surface area contributed by atoms with Crippen LogP contribution in [0.4, 0.5) is 15.9 Å². The molecule has 22 heavy (non-hydrogen) atoms. The number of ether oxygens (including phenoxy) is 1. The summed E-state index contributed by atoms with van der Waals surface area (Å²) in [4.78, 5) is 14.3. The Morgan fingerprint density at radius 1 is 1.50 bits per heavy atom. The Balaban J connectivity index is 1.89. The van der Waals surface area contributed by atoms with Gasteiger partial charge in [-0.2, -0.15) is 0 Å². The lowest BCUT2D eigenvalue weighted by molar-refractivity contribution is -0.385. The van der Waals surface area contributed by atoms with E-state index in [0.717, 1.165) is 0 Å². The third-order valence-electron chi connectivity index (χ3n) is 3.37. The molecule has 0 amide bonds. The van der Waals surface area contributed by atoms with E-state index in [1.54, 1.807) is 12.1 Å². The van der Waals surface area contributed by atoms with Crippen LogP contribution in [0.2, 0.25) is 0 Å². The Morgan fingerprint density at radius 2 is 2.32 bits per heavy atom. The number of nitro groups is 1. The van der Waals surface area contributed by atoms with Crippen molar-refractivity contribution in [3.63, 3.8) is 0 Å². The van der Waals surface area contributed by atoms with Crippen molar-refractivity contribution in [2.45, 2.75) is 12.5 Å². The number of hydrogen-bond acceptors (Lipinski definition) is 5. The predicted octanol–water partition coefficient (Wildman–Crippen LogP) is 3.83. The fraction of sp³-hybridized carbons (Fsp3) is 0.214. The van der Waals surface area contributed by atoms with E-state index in [4.69, 9.17) is 4.74 Å². The molecule has 114 valence electrons. The fourth-order valence-corrected chi connectivity index (χ4v) is 2.79. The molecule has 0 bridgehead atoms. The molecule has 1 aromatic heterocycles. The maximum atomic E-state index is 13.8. The van der Waals surface area contributed by atoms with Gasteiger partial charge in [0.25, 0.3) is 5.69 Å². The molecule has 1 aromatic carbocycles. The molecule has 1 aliphatic rings. The van der Waals surface area contributed by atoms with E-state index < -0.39 is 10.7 Å². The van der Waals surface area contributed by atoms with Gasteiger partial charge < -0.3 is 10.1 Å². The standard InChI is InChI=1S/C14H11BrFN3O3/c15-10-6-8(19(20)21)7-17-14(10)18-12-4-5-22-13-9(12)2-1-3-11(13)16/h1-3,6-7,12H,4-5H2,(H,17,18)/t12-/m0/s1. The molecule has 2 aromatic rings. The summed E-state index contributed by atoms with van der Waals surface area (Å²) in [7, 11) is 0. The van der Waals surface area contributed by atoms with Gasteiger partial charge in [0, 0.05) is 18.1 Å². The zero-order valence-corrected chi connectivity index (χ0v) is 12.8. The molecule has 0 fully saturated rings. The van der Waals surface area contributed by atoms with Crippen LogP contribution in [0, 0.1) is 15.9 Å². The molecular weight excluding hydrogens is 357 g/mol. The highest BCUT2D eigenvalue weighted by Gasteiger charge is 2.25. The Bertz CT molecular complexity index is 741. The number of benzene rings is 1. The van der Waals surface area contributed by atoms with Crippen molar-refractivity contribution >= 4 is 27.4 Å². The van der Waals surface area contributed by atoms with Gasteiger partial charge in [0.1, 0.15) is 12.0 Å². The Morgan fingerprint density at radius 3 is 3.05 bits per heavy atom. The highest BCUT2D eigenvalue weighted by Crippen LogP contribution is 2.37. The molecule has 1 aliphatic heterocycles. The summed E-state index contributed by atoms with van der Waals surface area (Å²) in [5.41, 5.74) is 0.606. The van der Waals surface area contributed by atoms with Crippen LogP contribution in [0.25, 0.3) is 0 Å². The van der Waals surface area contributed by atoms with Gasteiger partial charge >= 0.3 is 0 Å². The number of anilines is 1. The second-order valence-corrected chi connectivity index (χ2v) is 5.63. The number of fused-ring (bicyclic) bond motifs is 1. The molecule has 2 heterocycles. The van der Waals surface area contributed by atoms with Crippen molar-refractivity contribution in [3.05, 3.63) is 56.4 Å². The first kappa shape index (κ1) is 14.7. The molecule has 1 N–H and O–H groups in total. The molecule has 0 radical (unpaired) electrons. The molecule has 6 nitrogen and oxygen atoms in total. The van der Waals surface area contributed by atoms with E-state index in [2.05, 4.69) is 26.2 Å². The molecule has 8 heteroatoms. The van der Waals surface area contributed by atoms with E-state index in [9.17, 15) is 14.5 Å². The first-order valence-corrected chi connectivity index (χ1v) is 7.33. The molecule has 1 atom stereocenters. The number of pyridine rings is 1. The first-order chi connectivity index (χ1) is 10.6. The fourth-order valence-electron chi connectivity index (χ4n) is 2.34. The lowest BCUT2D eigenvalue weighted by atomic mass is 10.0. The van der Waals surface area contributed by atoms with Gasteiger partial charge in [0.2, 0.25) is 0 Å². The maximum absolute atomic E-state index is 13.8. The number of nitrogens with zero attached hydrogens (tertiary/aromatic N) is 2. The van der Waals surface area contributed by atoms with Crippen molar-refractivity contribution in [1.29, 1.82) is 0 Å². The summed E-state index contributed by atoms with van der Waals surface area (Å²) in [6, 6.07) is 5.96. The largest absolute Gasteiger partial charge is 0.490 e. The lowest BCUT2D eigenvalue weighted by Crippen LogP contribution is -2.21. The van der Waals surface area contributed by atoms with E-state index in [1.165, 1.54) is 18.3 Å². The average Bonchev–Trinajstić information content (AvgIpc) is 2.50. The smallest absolute Gasteiger partial charge is 0.288 e. The average molecular weight is 368 g/mol. The van der Waals surface area contributed by atoms with Gasteiger partial charge in [0.05, 0.1) is 22.0 Å². The Labute approximate surface area is 133 Å². The van der Waals surface area contributed by atoms with Crippen molar-refractivity contribution in [2.24, 2.45) is 0 Å². The minimum absolute atomic E-state index is 0.101. The third kappa shape index (κ3) is 2.74. The molecule has 0 spiro atoms. The minimum atomic E-state index is -0.513. The van der Waals surface area contributed by atoms with Crippen LogP contribution in [-0.2, 0) is 0 Å². The van der Waals surface area contributed by atoms with Gasteiger partial charge in [-0.15, -0.1) is 0 Å². The summed E-state index contributed by atoms with van der Waals surface area (Å²) >= 11 is 3.26. The Kier molecular flexibility index (Phi) is 3.93. The van der Waals surface area contributed by atoms with Crippen LogP contribution in [0.3, 0.4) is 0 Å². The molecule has 0 saturated carbocycles. The van der Waals surface area contributed by atoms with E-state index in [0.29, 0.717) is 28.9 Å². The van der Waals surface area contributed by atoms with Gasteiger partial charge in [0.15, 0.2) is 11.6 Å². The second-order valence-electron chi connectivity index (χ2n) is 4.77. The lowest BCUT2D eigenvalue weighted by Gasteiger charge is -2.27. The maximum Gasteiger partial charge on any atom is 0.288 e. The quantitative estimate of drug-likeness (QED) is 0.658. The number of para-hydroxylation sites is 1. The SMILES string of the molecule is O=[N+]([O-])c1cnc(N[C@H]2CCOc3c(F)cccc32)c(Br)c1. The van der Waals surface area contributed by atoms with Crippen molar-refractivity contribution < 1.29 is 14.1 Å². The zero-order chi connectivity index (χ0) is 15.7. The van der Waals surface area contributed by atoms with Crippen molar-refractivity contribution in [1.82, 2.24) is 4.98 Å². The third-order valence-corrected chi connectivity index (χ3v) is 3.98. The van der Waals surface area contributed by atoms with Crippen LogP contribution < -0.4 is 10.1 Å². The highest BCUT2D eigenvalue weighted by molar-refractivity contribution is 9.10. The van der Waals surface area contributed by atoms with Crippen LogP contribution in [-0.4, -0.2) is 16.5 Å². The summed E-state index contributed by atoms with van der Waals surface area (Å²) in [5, 5.41) is 13.9. The van der Waals surface area contributed by atoms with Gasteiger partial charge in [-0.1, -0.05) is 12.1 Å². The predicted molar refractivity (Wildman–Crippen MR) is 81.5 cm³/mol. The van der Waals surface area contributed by atoms with E-state index in [-0.39, 0.29) is 17.5 Å². The summed E-state index contributed by atoms with van der Waals surface area (Å²) in [6.45, 7) is 0.385. The molecular formula is C14H11BrFN3O3. The number of nitrogens with one attached hydrogen (secondary N) is 1. The van der Waals surface area contributed by atoms with E-state index in [1.807, 2.05) is 0 Å². The van der Waals surface area contributed by atoms with Crippen LogP contribution in [0.1, 0.15) is 18.0 Å². The van der Waals surface area contributed by atoms with Crippen LogP contribution in [0.5, 0.6) is 5.75 Å². The van der Waals surface area contributed by atoms with Crippen molar-refractivity contribution in [3.8, 4) is 5.75 Å². The minimum Gasteiger partial charge on any atom is -0.490 e. The summed E-state index contributed by atoms with van der Waals surface area (Å²) in [5.74, 6) is 0.303. The first-order valence-electron chi connectivity index (χ1n) is 6.54. The number of aromatic nitrogens is 1. The monoisotopic (exact) mass is 367 g/mol. The van der Waals surface area contributed by atoms with Crippen molar-refractivity contribution in [2.75, 3.05) is 11.9 Å². The molecule has 0 aliphatic carbocycles. The van der Waals surface area contributed by atoms with Gasteiger partial charge in [-0.05, 0) is 22.0 Å². The summed E-state index contributed by atoms with van der Waals surface area (Å²) in [6.07, 6.45) is 1.82. The Hall–Kier alpha value is -2.22. The number of rotatable bonds is 3. The highest BCUT2D eigenvalue weighted by atomic mass is 79.9. The topological polar surface area (TPSA) is 77.3 Å². The van der Waals surface area contributed by atoms with Crippen LogP contribution >= 0.6 is 15.9 Å². The normalized spacial score (nSPS) is 16.5. The molecule has 0 saturated heterocycles. The second kappa shape index (κ2) is 5.88. The number of halogens is 2. The summed E-state index contributed by atoms with van der Waals surface area (Å²) < 4.78 is 19.6. The zero-order valence-electron chi connectivity index (χ0n) is 11.3. The van der Waals surface area contributed by atoms with Gasteiger partial charge in [-0.25, -0.2) is 9.37 Å². The van der Waals surface area contributed by atoms with Gasteiger partial charge in [-0.3, -0.25) is 10.1 Å². The molecule has 3 rings (SSSR count). The number of hydrogen-bond donors (Lipinski definition) is 1. The molecule has 0 unspecified atom stereocenters. The van der Waals surface area contributed by atoms with Crippen LogP contribution in [0.15, 0.2) is 34.9 Å².